The van der Waals surface area contributed by atoms with Crippen LogP contribution in [-0.2, 0) is 0 Å². The lowest BCUT2D eigenvalue weighted by atomic mass is 10.1. The van der Waals surface area contributed by atoms with Gasteiger partial charge in [0.05, 0.1) is 16.0 Å². The fraction of sp³-hybridized carbons (Fsp3) is 0.455. The number of nitro groups is 1. The SMILES string of the molecule is CNCC(C)CNc1cc(Cl)c(F)cc1[N+](=O)[O-]. The highest BCUT2D eigenvalue weighted by Crippen LogP contribution is 2.30. The van der Waals surface area contributed by atoms with Crippen molar-refractivity contribution >= 4 is 23.0 Å². The summed E-state index contributed by atoms with van der Waals surface area (Å²) in [6.45, 7) is 3.29. The van der Waals surface area contributed by atoms with Gasteiger partial charge in [0.2, 0.25) is 0 Å². The van der Waals surface area contributed by atoms with Gasteiger partial charge in [-0.3, -0.25) is 10.1 Å². The number of nitrogens with zero attached hydrogens (tertiary/aromatic N) is 1. The van der Waals surface area contributed by atoms with Gasteiger partial charge >= 0.3 is 0 Å². The van der Waals surface area contributed by atoms with Gasteiger partial charge in [-0.1, -0.05) is 18.5 Å². The highest BCUT2D eigenvalue weighted by molar-refractivity contribution is 6.31. The van der Waals surface area contributed by atoms with Crippen LogP contribution in [0, 0.1) is 21.8 Å². The highest BCUT2D eigenvalue weighted by atomic mass is 35.5. The predicted molar refractivity (Wildman–Crippen MR) is 69.6 cm³/mol. The molecule has 0 amide bonds. The summed E-state index contributed by atoms with van der Waals surface area (Å²) < 4.78 is 13.2. The van der Waals surface area contributed by atoms with Gasteiger partial charge in [-0.2, -0.15) is 0 Å². The minimum Gasteiger partial charge on any atom is -0.379 e. The third kappa shape index (κ3) is 3.82. The maximum atomic E-state index is 13.2. The van der Waals surface area contributed by atoms with E-state index in [2.05, 4.69) is 10.6 Å². The number of nitrogens with one attached hydrogen (secondary N) is 2. The number of benzene rings is 1. The van der Waals surface area contributed by atoms with Gasteiger partial charge in [0.1, 0.15) is 11.5 Å². The average molecular weight is 276 g/mol. The van der Waals surface area contributed by atoms with Crippen LogP contribution < -0.4 is 10.6 Å². The van der Waals surface area contributed by atoms with Crippen molar-refractivity contribution < 1.29 is 9.31 Å². The third-order valence-electron chi connectivity index (χ3n) is 2.43. The Morgan fingerprint density at radius 2 is 2.17 bits per heavy atom. The van der Waals surface area contributed by atoms with E-state index in [1.54, 1.807) is 0 Å². The zero-order valence-corrected chi connectivity index (χ0v) is 10.9. The predicted octanol–water partition coefficient (Wildman–Crippen LogP) is 2.65. The van der Waals surface area contributed by atoms with Crippen LogP contribution in [0.25, 0.3) is 0 Å². The summed E-state index contributed by atoms with van der Waals surface area (Å²) in [6.07, 6.45) is 0. The second-order valence-electron chi connectivity index (χ2n) is 4.08. The van der Waals surface area contributed by atoms with Crippen LogP contribution >= 0.6 is 11.6 Å². The Hall–Kier alpha value is -1.40. The van der Waals surface area contributed by atoms with Crippen LogP contribution in [0.4, 0.5) is 15.8 Å². The summed E-state index contributed by atoms with van der Waals surface area (Å²) in [6, 6.07) is 2.06. The Morgan fingerprint density at radius 1 is 1.50 bits per heavy atom. The summed E-state index contributed by atoms with van der Waals surface area (Å²) >= 11 is 5.62. The highest BCUT2D eigenvalue weighted by Gasteiger charge is 2.18. The van der Waals surface area contributed by atoms with E-state index >= 15 is 0 Å². The lowest BCUT2D eigenvalue weighted by Crippen LogP contribution is -2.23. The molecule has 0 aliphatic heterocycles. The number of nitro benzene ring substituents is 1. The summed E-state index contributed by atoms with van der Waals surface area (Å²) in [7, 11) is 1.83. The van der Waals surface area contributed by atoms with Crippen molar-refractivity contribution in [1.29, 1.82) is 0 Å². The minimum absolute atomic E-state index is 0.135. The van der Waals surface area contributed by atoms with Crippen LogP contribution in [-0.4, -0.2) is 25.1 Å². The van der Waals surface area contributed by atoms with Gasteiger partial charge in [0, 0.05) is 6.54 Å². The molecule has 1 aromatic carbocycles. The number of rotatable bonds is 6. The first-order chi connectivity index (χ1) is 8.45. The van der Waals surface area contributed by atoms with E-state index in [1.807, 2.05) is 14.0 Å². The van der Waals surface area contributed by atoms with Gasteiger partial charge in [0.25, 0.3) is 5.69 Å². The Bertz CT molecular complexity index is 443. The molecular weight excluding hydrogens is 261 g/mol. The van der Waals surface area contributed by atoms with Crippen molar-refractivity contribution in [1.82, 2.24) is 5.32 Å². The minimum atomic E-state index is -0.794. The van der Waals surface area contributed by atoms with Gasteiger partial charge in [-0.05, 0) is 25.6 Å². The first-order valence-corrected chi connectivity index (χ1v) is 5.85. The molecule has 2 N–H and O–H groups in total. The van der Waals surface area contributed by atoms with E-state index in [4.69, 9.17) is 11.6 Å². The fourth-order valence-electron chi connectivity index (χ4n) is 1.53. The summed E-state index contributed by atoms with van der Waals surface area (Å²) in [5.74, 6) is -0.518. The molecular formula is C11H15ClFN3O2. The van der Waals surface area contributed by atoms with Crippen LogP contribution in [0.15, 0.2) is 12.1 Å². The molecule has 0 heterocycles. The van der Waals surface area contributed by atoms with Crippen molar-refractivity contribution in [2.45, 2.75) is 6.92 Å². The number of halogens is 2. The van der Waals surface area contributed by atoms with Crippen molar-refractivity contribution in [3.05, 3.63) is 33.1 Å². The molecule has 0 fully saturated rings. The molecule has 0 aromatic heterocycles. The standard InChI is InChI=1S/C11H15ClFN3O2/c1-7(5-14-2)6-15-10-3-8(12)9(13)4-11(10)16(17)18/h3-4,7,14-15H,5-6H2,1-2H3. The van der Waals surface area contributed by atoms with Gasteiger partial charge in [-0.15, -0.1) is 0 Å². The van der Waals surface area contributed by atoms with E-state index in [1.165, 1.54) is 6.07 Å². The zero-order valence-electron chi connectivity index (χ0n) is 10.2. The smallest absolute Gasteiger partial charge is 0.295 e. The quantitative estimate of drug-likeness (QED) is 0.619. The number of anilines is 1. The van der Waals surface area contributed by atoms with E-state index < -0.39 is 10.7 Å². The van der Waals surface area contributed by atoms with Crippen molar-refractivity contribution in [3.8, 4) is 0 Å². The lowest BCUT2D eigenvalue weighted by Gasteiger charge is -2.13. The summed E-state index contributed by atoms with van der Waals surface area (Å²) in [4.78, 5) is 10.2. The summed E-state index contributed by atoms with van der Waals surface area (Å²) in [5.41, 5.74) is -0.0806. The molecule has 1 atom stereocenters. The molecule has 0 spiro atoms. The molecule has 0 saturated heterocycles. The van der Waals surface area contributed by atoms with E-state index in [9.17, 15) is 14.5 Å². The molecule has 0 aliphatic rings. The molecule has 0 aliphatic carbocycles. The molecule has 0 saturated carbocycles. The molecule has 100 valence electrons. The van der Waals surface area contributed by atoms with Gasteiger partial charge in [0.15, 0.2) is 0 Å². The Kier molecular flexibility index (Phi) is 5.30. The van der Waals surface area contributed by atoms with Crippen LogP contribution in [0.5, 0.6) is 0 Å². The normalized spacial score (nSPS) is 12.2. The van der Waals surface area contributed by atoms with Crippen LogP contribution in [0.2, 0.25) is 5.02 Å². The Morgan fingerprint density at radius 3 is 2.72 bits per heavy atom. The monoisotopic (exact) mass is 275 g/mol. The molecule has 1 unspecified atom stereocenters. The maximum Gasteiger partial charge on any atom is 0.295 e. The van der Waals surface area contributed by atoms with Gasteiger partial charge in [-0.25, -0.2) is 4.39 Å². The fourth-order valence-corrected chi connectivity index (χ4v) is 1.70. The Labute approximate surface area is 109 Å². The van der Waals surface area contributed by atoms with Crippen molar-refractivity contribution in [3.63, 3.8) is 0 Å². The van der Waals surface area contributed by atoms with Crippen molar-refractivity contribution in [2.24, 2.45) is 5.92 Å². The van der Waals surface area contributed by atoms with Gasteiger partial charge < -0.3 is 10.6 Å². The molecule has 1 rings (SSSR count). The molecule has 0 radical (unpaired) electrons. The van der Waals surface area contributed by atoms with E-state index in [-0.39, 0.29) is 22.3 Å². The topological polar surface area (TPSA) is 67.2 Å². The second-order valence-corrected chi connectivity index (χ2v) is 4.49. The number of hydrogen-bond donors (Lipinski definition) is 2. The molecule has 7 heteroatoms. The first-order valence-electron chi connectivity index (χ1n) is 5.47. The lowest BCUT2D eigenvalue weighted by molar-refractivity contribution is -0.384. The molecule has 0 bridgehead atoms. The van der Waals surface area contributed by atoms with Crippen molar-refractivity contribution in [2.75, 3.05) is 25.5 Å². The van der Waals surface area contributed by atoms with E-state index in [0.717, 1.165) is 12.6 Å². The van der Waals surface area contributed by atoms with Crippen LogP contribution in [0.1, 0.15) is 6.92 Å². The first kappa shape index (κ1) is 14.7. The average Bonchev–Trinajstić information content (AvgIpc) is 2.30. The number of hydrogen-bond acceptors (Lipinski definition) is 4. The largest absolute Gasteiger partial charge is 0.379 e. The van der Waals surface area contributed by atoms with Crippen LogP contribution in [0.3, 0.4) is 0 Å². The second kappa shape index (κ2) is 6.51. The summed E-state index contributed by atoms with van der Waals surface area (Å²) in [5, 5.41) is 16.6. The Balaban J connectivity index is 2.86. The molecule has 18 heavy (non-hydrogen) atoms. The zero-order chi connectivity index (χ0) is 13.7. The van der Waals surface area contributed by atoms with E-state index in [0.29, 0.717) is 6.54 Å². The molecule has 5 nitrogen and oxygen atoms in total. The third-order valence-corrected chi connectivity index (χ3v) is 2.72. The maximum absolute atomic E-state index is 13.2. The molecule has 1 aromatic rings.